The number of benzene rings is 1. The number of methoxy groups -OCH3 is 2. The fourth-order valence-electron chi connectivity index (χ4n) is 1.92. The van der Waals surface area contributed by atoms with Crippen LogP contribution >= 0.6 is 0 Å². The molecule has 1 amide bonds. The minimum Gasteiger partial charge on any atom is -0.494 e. The second-order valence-corrected chi connectivity index (χ2v) is 4.29. The summed E-state index contributed by atoms with van der Waals surface area (Å²) in [6, 6.07) is 10.3. The standard InChI is InChI=1S/C16H18N2O4/c1-4-22-14-10-5-7-11(17-14)16(19)18-15-12(20-2)8-6-9-13(15)21-3/h5-10H,4H2,1-3H3,(H,18,19). The van der Waals surface area contributed by atoms with E-state index in [1.807, 2.05) is 6.92 Å². The van der Waals surface area contributed by atoms with E-state index in [1.165, 1.54) is 14.2 Å². The third-order valence-corrected chi connectivity index (χ3v) is 2.91. The van der Waals surface area contributed by atoms with Crippen LogP contribution in [0.5, 0.6) is 17.4 Å². The van der Waals surface area contributed by atoms with E-state index >= 15 is 0 Å². The molecule has 0 aliphatic rings. The molecule has 0 atom stereocenters. The summed E-state index contributed by atoms with van der Waals surface area (Å²) in [6.45, 7) is 2.34. The van der Waals surface area contributed by atoms with E-state index in [9.17, 15) is 4.79 Å². The van der Waals surface area contributed by atoms with Crippen LogP contribution in [0.4, 0.5) is 5.69 Å². The molecule has 0 fully saturated rings. The molecule has 22 heavy (non-hydrogen) atoms. The molecular weight excluding hydrogens is 284 g/mol. The zero-order valence-electron chi connectivity index (χ0n) is 12.8. The third-order valence-electron chi connectivity index (χ3n) is 2.91. The summed E-state index contributed by atoms with van der Waals surface area (Å²) >= 11 is 0. The molecule has 116 valence electrons. The number of amides is 1. The van der Waals surface area contributed by atoms with E-state index in [1.54, 1.807) is 36.4 Å². The van der Waals surface area contributed by atoms with Crippen molar-refractivity contribution < 1.29 is 19.0 Å². The monoisotopic (exact) mass is 302 g/mol. The third kappa shape index (κ3) is 3.46. The van der Waals surface area contributed by atoms with Crippen LogP contribution < -0.4 is 19.5 Å². The van der Waals surface area contributed by atoms with E-state index in [0.717, 1.165) is 0 Å². The van der Waals surface area contributed by atoms with Crippen LogP contribution in [0.1, 0.15) is 17.4 Å². The first kappa shape index (κ1) is 15.6. The summed E-state index contributed by atoms with van der Waals surface area (Å²) < 4.78 is 15.8. The van der Waals surface area contributed by atoms with Crippen molar-refractivity contribution in [2.45, 2.75) is 6.92 Å². The zero-order valence-corrected chi connectivity index (χ0v) is 12.8. The number of aromatic nitrogens is 1. The van der Waals surface area contributed by atoms with Gasteiger partial charge in [0.1, 0.15) is 22.9 Å². The fourth-order valence-corrected chi connectivity index (χ4v) is 1.92. The Bertz CT molecular complexity index is 636. The van der Waals surface area contributed by atoms with Gasteiger partial charge in [-0.2, -0.15) is 0 Å². The lowest BCUT2D eigenvalue weighted by molar-refractivity contribution is 0.102. The van der Waals surface area contributed by atoms with Crippen molar-refractivity contribution in [2.75, 3.05) is 26.1 Å². The fraction of sp³-hybridized carbons (Fsp3) is 0.250. The molecule has 1 aromatic carbocycles. The maximum absolute atomic E-state index is 12.4. The van der Waals surface area contributed by atoms with Gasteiger partial charge in [-0.15, -0.1) is 0 Å². The highest BCUT2D eigenvalue weighted by Crippen LogP contribution is 2.34. The number of hydrogen-bond donors (Lipinski definition) is 1. The quantitative estimate of drug-likeness (QED) is 0.888. The summed E-state index contributed by atoms with van der Waals surface area (Å²) in [6.07, 6.45) is 0. The molecule has 1 heterocycles. The van der Waals surface area contributed by atoms with E-state index in [0.29, 0.717) is 29.7 Å². The van der Waals surface area contributed by atoms with E-state index < -0.39 is 0 Å². The van der Waals surface area contributed by atoms with Gasteiger partial charge in [-0.25, -0.2) is 4.98 Å². The predicted octanol–water partition coefficient (Wildman–Crippen LogP) is 2.75. The lowest BCUT2D eigenvalue weighted by Gasteiger charge is -2.13. The second kappa shape index (κ2) is 7.31. The number of para-hydroxylation sites is 1. The molecule has 0 radical (unpaired) electrons. The second-order valence-electron chi connectivity index (χ2n) is 4.29. The Morgan fingerprint density at radius 3 is 2.32 bits per heavy atom. The lowest BCUT2D eigenvalue weighted by atomic mass is 10.2. The van der Waals surface area contributed by atoms with E-state index in [4.69, 9.17) is 14.2 Å². The Morgan fingerprint density at radius 1 is 1.09 bits per heavy atom. The first-order valence-corrected chi connectivity index (χ1v) is 6.81. The topological polar surface area (TPSA) is 69.7 Å². The number of hydrogen-bond acceptors (Lipinski definition) is 5. The van der Waals surface area contributed by atoms with Crippen molar-refractivity contribution in [3.05, 3.63) is 42.1 Å². The molecule has 0 unspecified atom stereocenters. The zero-order chi connectivity index (χ0) is 15.9. The van der Waals surface area contributed by atoms with Gasteiger partial charge < -0.3 is 19.5 Å². The van der Waals surface area contributed by atoms with Gasteiger partial charge in [0.05, 0.1) is 20.8 Å². The van der Waals surface area contributed by atoms with Gasteiger partial charge in [-0.3, -0.25) is 4.79 Å². The molecule has 0 saturated carbocycles. The van der Waals surface area contributed by atoms with Gasteiger partial charge in [0.15, 0.2) is 0 Å². The molecule has 2 rings (SSSR count). The smallest absolute Gasteiger partial charge is 0.274 e. The summed E-state index contributed by atoms with van der Waals surface area (Å²) in [5.74, 6) is 1.05. The summed E-state index contributed by atoms with van der Waals surface area (Å²) in [5.41, 5.74) is 0.708. The van der Waals surface area contributed by atoms with Crippen LogP contribution in [0.3, 0.4) is 0 Å². The SMILES string of the molecule is CCOc1cccc(C(=O)Nc2c(OC)cccc2OC)n1. The molecule has 0 bridgehead atoms. The highest BCUT2D eigenvalue weighted by molar-refractivity contribution is 6.04. The van der Waals surface area contributed by atoms with Crippen LogP contribution in [0.25, 0.3) is 0 Å². The maximum Gasteiger partial charge on any atom is 0.274 e. The first-order valence-electron chi connectivity index (χ1n) is 6.81. The summed E-state index contributed by atoms with van der Waals surface area (Å²) in [4.78, 5) is 16.5. The van der Waals surface area contributed by atoms with Crippen LogP contribution in [-0.2, 0) is 0 Å². The molecule has 6 heteroatoms. The summed E-state index contributed by atoms with van der Waals surface area (Å²) in [7, 11) is 3.05. The first-order chi connectivity index (χ1) is 10.7. The number of carbonyl (C=O) groups excluding carboxylic acids is 1. The van der Waals surface area contributed by atoms with Crippen LogP contribution in [0.2, 0.25) is 0 Å². The molecule has 0 saturated heterocycles. The molecule has 1 N–H and O–H groups in total. The average molecular weight is 302 g/mol. The Labute approximate surface area is 129 Å². The molecule has 1 aromatic heterocycles. The Balaban J connectivity index is 2.27. The Hall–Kier alpha value is -2.76. The van der Waals surface area contributed by atoms with Gasteiger partial charge in [0, 0.05) is 6.07 Å². The van der Waals surface area contributed by atoms with Gasteiger partial charge in [-0.05, 0) is 25.1 Å². The minimum absolute atomic E-state index is 0.249. The largest absolute Gasteiger partial charge is 0.494 e. The van der Waals surface area contributed by atoms with Gasteiger partial charge in [0.2, 0.25) is 5.88 Å². The number of nitrogens with zero attached hydrogens (tertiary/aromatic N) is 1. The number of rotatable bonds is 6. The molecule has 0 aliphatic carbocycles. The van der Waals surface area contributed by atoms with Crippen molar-refractivity contribution in [3.63, 3.8) is 0 Å². The van der Waals surface area contributed by atoms with Gasteiger partial charge in [0.25, 0.3) is 5.91 Å². The van der Waals surface area contributed by atoms with Crippen molar-refractivity contribution in [1.29, 1.82) is 0 Å². The van der Waals surface area contributed by atoms with Crippen molar-refractivity contribution >= 4 is 11.6 Å². The molecule has 0 spiro atoms. The normalized spacial score (nSPS) is 9.95. The van der Waals surface area contributed by atoms with Crippen LogP contribution in [0.15, 0.2) is 36.4 Å². The maximum atomic E-state index is 12.4. The number of nitrogens with one attached hydrogen (secondary N) is 1. The van der Waals surface area contributed by atoms with E-state index in [2.05, 4.69) is 10.3 Å². The molecule has 6 nitrogen and oxygen atoms in total. The molecule has 0 aliphatic heterocycles. The number of anilines is 1. The average Bonchev–Trinajstić information content (AvgIpc) is 2.55. The Kier molecular flexibility index (Phi) is 5.19. The predicted molar refractivity (Wildman–Crippen MR) is 82.9 cm³/mol. The number of ether oxygens (including phenoxy) is 3. The summed E-state index contributed by atoms with van der Waals surface area (Å²) in [5, 5.41) is 2.76. The Morgan fingerprint density at radius 2 is 1.73 bits per heavy atom. The lowest BCUT2D eigenvalue weighted by Crippen LogP contribution is -2.15. The molecular formula is C16H18N2O4. The van der Waals surface area contributed by atoms with Gasteiger partial charge >= 0.3 is 0 Å². The minimum atomic E-state index is -0.371. The number of pyridine rings is 1. The van der Waals surface area contributed by atoms with Gasteiger partial charge in [-0.1, -0.05) is 12.1 Å². The van der Waals surface area contributed by atoms with Crippen molar-refractivity contribution in [1.82, 2.24) is 4.98 Å². The van der Waals surface area contributed by atoms with Crippen molar-refractivity contribution in [3.8, 4) is 17.4 Å². The van der Waals surface area contributed by atoms with Crippen LogP contribution in [0, 0.1) is 0 Å². The van der Waals surface area contributed by atoms with Crippen LogP contribution in [-0.4, -0.2) is 31.7 Å². The molecule has 2 aromatic rings. The highest BCUT2D eigenvalue weighted by Gasteiger charge is 2.15. The number of carbonyl (C=O) groups is 1. The highest BCUT2D eigenvalue weighted by atomic mass is 16.5. The van der Waals surface area contributed by atoms with Crippen molar-refractivity contribution in [2.24, 2.45) is 0 Å². The van der Waals surface area contributed by atoms with E-state index in [-0.39, 0.29) is 11.6 Å².